The number of aliphatic imine (C=N–C) groups is 1. The van der Waals surface area contributed by atoms with Crippen molar-refractivity contribution < 1.29 is 14.3 Å². The number of aryl methyl sites for hydroxylation is 1. The fraction of sp³-hybridized carbons (Fsp3) is 0.516. The van der Waals surface area contributed by atoms with Crippen LogP contribution in [0.1, 0.15) is 78.9 Å². The number of benzene rings is 2. The van der Waals surface area contributed by atoms with E-state index in [1.54, 1.807) is 0 Å². The second kappa shape index (κ2) is 11.6. The van der Waals surface area contributed by atoms with Gasteiger partial charge in [0.05, 0.1) is 12.5 Å². The molecule has 2 aromatic rings. The molecule has 0 N–H and O–H groups in total. The number of piperidine rings is 1. The van der Waals surface area contributed by atoms with Gasteiger partial charge in [0.25, 0.3) is 5.91 Å². The molecule has 3 aliphatic rings. The SMILES string of the molecule is CCOC(=O)C1CCC(N2C(=NC(=O)c3ccc(C)cc3)Cc3ccc(CN4CCCCC4)cc32)CC1. The summed E-state index contributed by atoms with van der Waals surface area (Å²) >= 11 is 0. The maximum absolute atomic E-state index is 13.2. The predicted molar refractivity (Wildman–Crippen MR) is 147 cm³/mol. The van der Waals surface area contributed by atoms with Gasteiger partial charge in [-0.15, -0.1) is 0 Å². The van der Waals surface area contributed by atoms with Crippen LogP contribution in [-0.4, -0.2) is 48.4 Å². The molecular weight excluding hydrogens is 462 g/mol. The Hall–Kier alpha value is -2.99. The zero-order chi connectivity index (χ0) is 25.8. The van der Waals surface area contributed by atoms with Crippen molar-refractivity contribution in [1.29, 1.82) is 0 Å². The molecule has 2 aliphatic heterocycles. The van der Waals surface area contributed by atoms with E-state index in [9.17, 15) is 9.59 Å². The largest absolute Gasteiger partial charge is 0.466 e. The Balaban J connectivity index is 1.40. The standard InChI is InChI=1S/C31H39N3O3/c1-3-37-31(36)25-13-15-27(16-14-25)34-28-19-23(21-33-17-5-4-6-18-33)9-12-26(28)20-29(34)32-30(35)24-10-7-22(2)8-11-24/h7-12,19,25,27H,3-6,13-18,20-21H2,1-2H3. The highest BCUT2D eigenvalue weighted by atomic mass is 16.5. The number of hydrogen-bond acceptors (Lipinski definition) is 4. The molecule has 1 aliphatic carbocycles. The van der Waals surface area contributed by atoms with Crippen molar-refractivity contribution in [2.24, 2.45) is 10.9 Å². The molecule has 2 heterocycles. The van der Waals surface area contributed by atoms with E-state index < -0.39 is 0 Å². The van der Waals surface area contributed by atoms with Crippen LogP contribution in [0.25, 0.3) is 0 Å². The van der Waals surface area contributed by atoms with Crippen LogP contribution in [-0.2, 0) is 22.5 Å². The average Bonchev–Trinajstić information content (AvgIpc) is 3.27. The van der Waals surface area contributed by atoms with Crippen molar-refractivity contribution in [3.05, 3.63) is 64.7 Å². The molecule has 37 heavy (non-hydrogen) atoms. The molecule has 0 bridgehead atoms. The van der Waals surface area contributed by atoms with Gasteiger partial charge >= 0.3 is 5.97 Å². The minimum Gasteiger partial charge on any atom is -0.466 e. The molecule has 6 heteroatoms. The van der Waals surface area contributed by atoms with Crippen LogP contribution in [0.4, 0.5) is 5.69 Å². The Bertz CT molecular complexity index is 1140. The monoisotopic (exact) mass is 501 g/mol. The van der Waals surface area contributed by atoms with Gasteiger partial charge in [-0.25, -0.2) is 0 Å². The zero-order valence-corrected chi connectivity index (χ0v) is 22.2. The normalized spacial score (nSPS) is 23.2. The van der Waals surface area contributed by atoms with Gasteiger partial charge in [-0.2, -0.15) is 4.99 Å². The van der Waals surface area contributed by atoms with Crippen molar-refractivity contribution in [2.45, 2.75) is 77.8 Å². The number of rotatable bonds is 6. The molecule has 0 unspecified atom stereocenters. The molecular formula is C31H39N3O3. The van der Waals surface area contributed by atoms with Gasteiger partial charge in [0, 0.05) is 30.3 Å². The smallest absolute Gasteiger partial charge is 0.308 e. The van der Waals surface area contributed by atoms with E-state index in [0.717, 1.165) is 56.7 Å². The average molecular weight is 502 g/mol. The van der Waals surface area contributed by atoms with Crippen molar-refractivity contribution in [2.75, 3.05) is 24.6 Å². The summed E-state index contributed by atoms with van der Waals surface area (Å²) in [5.74, 6) is 0.533. The molecule has 1 amide bonds. The van der Waals surface area contributed by atoms with E-state index in [1.165, 1.54) is 36.1 Å². The number of amides is 1. The number of amidine groups is 1. The van der Waals surface area contributed by atoms with E-state index in [-0.39, 0.29) is 23.8 Å². The quantitative estimate of drug-likeness (QED) is 0.475. The van der Waals surface area contributed by atoms with Gasteiger partial charge in [-0.05, 0) is 94.8 Å². The Kier molecular flexibility index (Phi) is 8.04. The Morgan fingerprint density at radius 3 is 2.41 bits per heavy atom. The number of esters is 1. The number of ether oxygens (including phenoxy) is 1. The Morgan fingerprint density at radius 2 is 1.70 bits per heavy atom. The van der Waals surface area contributed by atoms with Gasteiger partial charge in [-0.1, -0.05) is 36.2 Å². The van der Waals surface area contributed by atoms with Crippen LogP contribution >= 0.6 is 0 Å². The first kappa shape index (κ1) is 25.7. The van der Waals surface area contributed by atoms with Crippen LogP contribution in [0.2, 0.25) is 0 Å². The summed E-state index contributed by atoms with van der Waals surface area (Å²) in [6.45, 7) is 7.60. The number of carbonyl (C=O) groups is 2. The summed E-state index contributed by atoms with van der Waals surface area (Å²) in [6.07, 6.45) is 7.93. The van der Waals surface area contributed by atoms with Gasteiger partial charge in [-0.3, -0.25) is 14.5 Å². The second-order valence-corrected chi connectivity index (χ2v) is 10.8. The molecule has 0 radical (unpaired) electrons. The third-order valence-electron chi connectivity index (χ3n) is 8.10. The number of likely N-dealkylation sites (tertiary alicyclic amines) is 1. The predicted octanol–water partition coefficient (Wildman–Crippen LogP) is 5.70. The molecule has 196 valence electrons. The lowest BCUT2D eigenvalue weighted by molar-refractivity contribution is -0.149. The number of hydrogen-bond donors (Lipinski definition) is 0. The molecule has 0 atom stereocenters. The first-order valence-corrected chi connectivity index (χ1v) is 14.0. The fourth-order valence-corrected chi connectivity index (χ4v) is 6.06. The van der Waals surface area contributed by atoms with Crippen LogP contribution in [0.15, 0.2) is 47.5 Å². The number of nitrogens with zero attached hydrogens (tertiary/aromatic N) is 3. The molecule has 0 spiro atoms. The maximum atomic E-state index is 13.2. The van der Waals surface area contributed by atoms with Crippen LogP contribution in [0.5, 0.6) is 0 Å². The highest BCUT2D eigenvalue weighted by molar-refractivity contribution is 6.12. The summed E-state index contributed by atoms with van der Waals surface area (Å²) in [4.78, 5) is 35.0. The van der Waals surface area contributed by atoms with Crippen LogP contribution < -0.4 is 4.90 Å². The molecule has 2 aromatic carbocycles. The molecule has 2 fully saturated rings. The first-order chi connectivity index (χ1) is 18.0. The molecule has 5 rings (SSSR count). The number of fused-ring (bicyclic) bond motifs is 1. The van der Waals surface area contributed by atoms with Crippen molar-refractivity contribution in [3.63, 3.8) is 0 Å². The van der Waals surface area contributed by atoms with Gasteiger partial charge < -0.3 is 9.64 Å². The minimum atomic E-state index is -0.193. The summed E-state index contributed by atoms with van der Waals surface area (Å²) in [5, 5.41) is 0. The lowest BCUT2D eigenvalue weighted by Gasteiger charge is -2.36. The Morgan fingerprint density at radius 1 is 0.973 bits per heavy atom. The Labute approximate surface area is 220 Å². The summed E-state index contributed by atoms with van der Waals surface area (Å²) in [5.41, 5.74) is 5.47. The molecule has 1 saturated heterocycles. The maximum Gasteiger partial charge on any atom is 0.308 e. The highest BCUT2D eigenvalue weighted by Gasteiger charge is 2.36. The van der Waals surface area contributed by atoms with Gasteiger partial charge in [0.2, 0.25) is 0 Å². The number of carbonyl (C=O) groups excluding carboxylic acids is 2. The zero-order valence-electron chi connectivity index (χ0n) is 22.2. The van der Waals surface area contributed by atoms with Crippen LogP contribution in [0.3, 0.4) is 0 Å². The third kappa shape index (κ3) is 5.96. The van der Waals surface area contributed by atoms with E-state index in [4.69, 9.17) is 4.74 Å². The lowest BCUT2D eigenvalue weighted by atomic mass is 9.85. The third-order valence-corrected chi connectivity index (χ3v) is 8.10. The summed E-state index contributed by atoms with van der Waals surface area (Å²) in [7, 11) is 0. The van der Waals surface area contributed by atoms with Crippen molar-refractivity contribution >= 4 is 23.4 Å². The fourth-order valence-electron chi connectivity index (χ4n) is 6.06. The van der Waals surface area contributed by atoms with Gasteiger partial charge in [0.1, 0.15) is 5.84 Å². The van der Waals surface area contributed by atoms with E-state index in [2.05, 4.69) is 33.0 Å². The first-order valence-electron chi connectivity index (χ1n) is 14.0. The lowest BCUT2D eigenvalue weighted by Crippen LogP contribution is -2.42. The van der Waals surface area contributed by atoms with Gasteiger partial charge in [0.15, 0.2) is 0 Å². The van der Waals surface area contributed by atoms with Crippen LogP contribution in [0, 0.1) is 12.8 Å². The summed E-state index contributed by atoms with van der Waals surface area (Å²) in [6, 6.07) is 14.6. The van der Waals surface area contributed by atoms with Crippen molar-refractivity contribution in [1.82, 2.24) is 4.90 Å². The molecule has 0 aromatic heterocycles. The second-order valence-electron chi connectivity index (χ2n) is 10.8. The van der Waals surface area contributed by atoms with E-state index in [0.29, 0.717) is 18.6 Å². The van der Waals surface area contributed by atoms with E-state index in [1.807, 2.05) is 38.1 Å². The minimum absolute atomic E-state index is 0.0294. The molecule has 1 saturated carbocycles. The van der Waals surface area contributed by atoms with E-state index >= 15 is 0 Å². The van der Waals surface area contributed by atoms with Crippen molar-refractivity contribution in [3.8, 4) is 0 Å². The topological polar surface area (TPSA) is 62.2 Å². The molecule has 6 nitrogen and oxygen atoms in total. The number of anilines is 1. The summed E-state index contributed by atoms with van der Waals surface area (Å²) < 4.78 is 5.29. The highest BCUT2D eigenvalue weighted by Crippen LogP contribution is 2.38.